The molecule has 2 aliphatic rings. The highest BCUT2D eigenvalue weighted by molar-refractivity contribution is 5.78. The number of pyridine rings is 2. The number of likely N-dealkylation sites (tertiary alicyclic amines) is 2. The van der Waals surface area contributed by atoms with E-state index in [2.05, 4.69) is 20.2 Å². The molecule has 2 aliphatic heterocycles. The molecule has 2 fully saturated rings. The highest BCUT2D eigenvalue weighted by atomic mass is 19.1. The second kappa shape index (κ2) is 8.00. The lowest BCUT2D eigenvalue weighted by Crippen LogP contribution is -2.38. The normalized spacial score (nSPS) is 20.2. The van der Waals surface area contributed by atoms with Gasteiger partial charge in [-0.25, -0.2) is 9.37 Å². The topological polar surface area (TPSA) is 61.4 Å². The summed E-state index contributed by atoms with van der Waals surface area (Å²) in [5.74, 6) is 0.448. The van der Waals surface area contributed by atoms with Crippen molar-refractivity contribution in [2.45, 2.75) is 31.7 Å². The minimum Gasteiger partial charge on any atom is -0.342 e. The molecule has 0 aromatic carbocycles. The molecule has 7 heteroatoms. The van der Waals surface area contributed by atoms with Crippen LogP contribution in [0.15, 0.2) is 36.7 Å². The standard InChI is InChI=1S/C20H24FN5O/c21-15-5-8-19(23-12-15)24-16-6-7-17(22-13-16)18-4-3-11-26(18)14-20(27)25-9-1-2-10-25/h5-8,12-13,18H,1-4,9-11,14H2,(H,23,24). The highest BCUT2D eigenvalue weighted by Crippen LogP contribution is 2.31. The molecule has 1 atom stereocenters. The quantitative estimate of drug-likeness (QED) is 0.877. The van der Waals surface area contributed by atoms with Gasteiger partial charge in [0.25, 0.3) is 0 Å². The molecule has 0 bridgehead atoms. The van der Waals surface area contributed by atoms with Crippen LogP contribution in [0.2, 0.25) is 0 Å². The van der Waals surface area contributed by atoms with Gasteiger partial charge in [-0.1, -0.05) is 0 Å². The van der Waals surface area contributed by atoms with Crippen LogP contribution in [0.1, 0.15) is 37.4 Å². The van der Waals surface area contributed by atoms with Crippen molar-refractivity contribution in [1.29, 1.82) is 0 Å². The summed E-state index contributed by atoms with van der Waals surface area (Å²) < 4.78 is 12.9. The minimum absolute atomic E-state index is 0.189. The van der Waals surface area contributed by atoms with Gasteiger partial charge >= 0.3 is 0 Å². The zero-order chi connectivity index (χ0) is 18.6. The highest BCUT2D eigenvalue weighted by Gasteiger charge is 2.30. The predicted octanol–water partition coefficient (Wildman–Crippen LogP) is 3.12. The average molecular weight is 369 g/mol. The van der Waals surface area contributed by atoms with Crippen molar-refractivity contribution in [3.05, 3.63) is 48.2 Å². The van der Waals surface area contributed by atoms with Gasteiger partial charge in [0.2, 0.25) is 5.91 Å². The van der Waals surface area contributed by atoms with Gasteiger partial charge in [-0.3, -0.25) is 14.7 Å². The number of hydrogen-bond acceptors (Lipinski definition) is 5. The van der Waals surface area contributed by atoms with Crippen molar-refractivity contribution in [2.75, 3.05) is 31.5 Å². The van der Waals surface area contributed by atoms with E-state index in [9.17, 15) is 9.18 Å². The summed E-state index contributed by atoms with van der Waals surface area (Å²) in [6.45, 7) is 3.21. The van der Waals surface area contributed by atoms with Gasteiger partial charge in [-0.15, -0.1) is 0 Å². The van der Waals surface area contributed by atoms with Crippen molar-refractivity contribution < 1.29 is 9.18 Å². The number of nitrogens with zero attached hydrogens (tertiary/aromatic N) is 4. The van der Waals surface area contributed by atoms with Gasteiger partial charge in [0.15, 0.2) is 0 Å². The molecule has 27 heavy (non-hydrogen) atoms. The van der Waals surface area contributed by atoms with Crippen molar-refractivity contribution in [2.24, 2.45) is 0 Å². The molecule has 1 N–H and O–H groups in total. The Morgan fingerprint density at radius 3 is 2.63 bits per heavy atom. The lowest BCUT2D eigenvalue weighted by Gasteiger charge is -2.26. The summed E-state index contributed by atoms with van der Waals surface area (Å²) in [6.07, 6.45) is 7.28. The van der Waals surface area contributed by atoms with E-state index in [1.54, 1.807) is 12.3 Å². The van der Waals surface area contributed by atoms with Crippen LogP contribution < -0.4 is 5.32 Å². The van der Waals surface area contributed by atoms with E-state index in [0.717, 1.165) is 56.7 Å². The largest absolute Gasteiger partial charge is 0.342 e. The number of halogens is 1. The summed E-state index contributed by atoms with van der Waals surface area (Å²) in [5.41, 5.74) is 1.79. The molecule has 142 valence electrons. The van der Waals surface area contributed by atoms with Gasteiger partial charge < -0.3 is 10.2 Å². The van der Waals surface area contributed by atoms with Crippen molar-refractivity contribution in [3.63, 3.8) is 0 Å². The summed E-state index contributed by atoms with van der Waals surface area (Å²) >= 11 is 0. The number of amides is 1. The maximum absolute atomic E-state index is 12.9. The molecule has 2 aromatic heterocycles. The van der Waals surface area contributed by atoms with E-state index in [1.165, 1.54) is 12.3 Å². The fourth-order valence-electron chi connectivity index (χ4n) is 3.86. The molecule has 1 unspecified atom stereocenters. The summed E-state index contributed by atoms with van der Waals surface area (Å²) in [5, 5.41) is 3.11. The third-order valence-electron chi connectivity index (χ3n) is 5.29. The molecule has 0 radical (unpaired) electrons. The Balaban J connectivity index is 1.39. The second-order valence-corrected chi connectivity index (χ2v) is 7.17. The van der Waals surface area contributed by atoms with Crippen LogP contribution >= 0.6 is 0 Å². The number of hydrogen-bond donors (Lipinski definition) is 1. The van der Waals surface area contributed by atoms with Crippen LogP contribution in [0.4, 0.5) is 15.9 Å². The Labute approximate surface area is 158 Å². The minimum atomic E-state index is -0.362. The molecule has 4 heterocycles. The Hall–Kier alpha value is -2.54. The monoisotopic (exact) mass is 369 g/mol. The number of aromatic nitrogens is 2. The van der Waals surface area contributed by atoms with Gasteiger partial charge in [0.1, 0.15) is 11.6 Å². The predicted molar refractivity (Wildman–Crippen MR) is 101 cm³/mol. The third kappa shape index (κ3) is 4.24. The molecule has 2 saturated heterocycles. The molecule has 4 rings (SSSR count). The number of carbonyl (C=O) groups is 1. The molecular weight excluding hydrogens is 345 g/mol. The molecule has 0 saturated carbocycles. The molecule has 6 nitrogen and oxygen atoms in total. The van der Waals surface area contributed by atoms with E-state index < -0.39 is 0 Å². The van der Waals surface area contributed by atoms with Crippen molar-refractivity contribution in [3.8, 4) is 0 Å². The van der Waals surface area contributed by atoms with Gasteiger partial charge in [0, 0.05) is 13.1 Å². The number of rotatable bonds is 5. The molecule has 1 amide bonds. The Kier molecular flexibility index (Phi) is 5.29. The number of nitrogens with one attached hydrogen (secondary N) is 1. The molecule has 2 aromatic rings. The van der Waals surface area contributed by atoms with Crippen LogP contribution in [0, 0.1) is 5.82 Å². The number of carbonyl (C=O) groups excluding carboxylic acids is 1. The van der Waals surface area contributed by atoms with Crippen molar-refractivity contribution in [1.82, 2.24) is 19.8 Å². The smallest absolute Gasteiger partial charge is 0.236 e. The van der Waals surface area contributed by atoms with E-state index in [0.29, 0.717) is 12.4 Å². The van der Waals surface area contributed by atoms with E-state index in [1.807, 2.05) is 17.0 Å². The fraction of sp³-hybridized carbons (Fsp3) is 0.450. The summed E-state index contributed by atoms with van der Waals surface area (Å²) in [4.78, 5) is 25.3. The Bertz CT molecular complexity index is 774. The molecule has 0 aliphatic carbocycles. The maximum atomic E-state index is 12.9. The maximum Gasteiger partial charge on any atom is 0.236 e. The zero-order valence-electron chi connectivity index (χ0n) is 15.3. The van der Waals surface area contributed by atoms with Crippen LogP contribution in [0.5, 0.6) is 0 Å². The lowest BCUT2D eigenvalue weighted by atomic mass is 10.1. The van der Waals surface area contributed by atoms with Crippen molar-refractivity contribution >= 4 is 17.4 Å². The van der Waals surface area contributed by atoms with E-state index in [-0.39, 0.29) is 17.8 Å². The van der Waals surface area contributed by atoms with E-state index in [4.69, 9.17) is 0 Å². The Morgan fingerprint density at radius 1 is 1.07 bits per heavy atom. The molecular formula is C20H24FN5O. The lowest BCUT2D eigenvalue weighted by molar-refractivity contribution is -0.131. The number of anilines is 2. The summed E-state index contributed by atoms with van der Waals surface area (Å²) in [6, 6.07) is 7.09. The Morgan fingerprint density at radius 2 is 1.93 bits per heavy atom. The fourth-order valence-corrected chi connectivity index (χ4v) is 3.86. The first-order valence-corrected chi connectivity index (χ1v) is 9.55. The van der Waals surface area contributed by atoms with Gasteiger partial charge in [-0.05, 0) is 56.5 Å². The molecule has 0 spiro atoms. The first kappa shape index (κ1) is 17.9. The zero-order valence-corrected chi connectivity index (χ0v) is 15.3. The first-order chi connectivity index (χ1) is 13.2. The van der Waals surface area contributed by atoms with Gasteiger partial charge in [-0.2, -0.15) is 0 Å². The second-order valence-electron chi connectivity index (χ2n) is 7.17. The van der Waals surface area contributed by atoms with E-state index >= 15 is 0 Å². The van der Waals surface area contributed by atoms with Gasteiger partial charge in [0.05, 0.1) is 36.4 Å². The van der Waals surface area contributed by atoms with Crippen LogP contribution in [-0.4, -0.2) is 51.9 Å². The average Bonchev–Trinajstić information content (AvgIpc) is 3.36. The van der Waals surface area contributed by atoms with Crippen LogP contribution in [0.3, 0.4) is 0 Å². The van der Waals surface area contributed by atoms with Crippen LogP contribution in [-0.2, 0) is 4.79 Å². The first-order valence-electron chi connectivity index (χ1n) is 9.55. The SMILES string of the molecule is O=C(CN1CCCC1c1ccc(Nc2ccc(F)cn2)cn1)N1CCCC1. The summed E-state index contributed by atoms with van der Waals surface area (Å²) in [7, 11) is 0. The van der Waals surface area contributed by atoms with Crippen LogP contribution in [0.25, 0.3) is 0 Å². The third-order valence-corrected chi connectivity index (χ3v) is 5.29.